The van der Waals surface area contributed by atoms with Crippen LogP contribution in [0.1, 0.15) is 67.6 Å². The summed E-state index contributed by atoms with van der Waals surface area (Å²) in [5, 5.41) is 43.3. The molecular weight excluding hydrogens is 595 g/mol. The molecule has 1 atom stereocenters. The first kappa shape index (κ1) is 30.5. The minimum Gasteiger partial charge on any atom is -0.383 e. The third-order valence-corrected chi connectivity index (χ3v) is 8.17. The molecule has 3 heterocycles. The molecule has 0 unspecified atom stereocenters. The highest BCUT2D eigenvalue weighted by Crippen LogP contribution is 2.55. The minimum absolute atomic E-state index is 0.0751. The summed E-state index contributed by atoms with van der Waals surface area (Å²) in [6.07, 6.45) is 1.26. The van der Waals surface area contributed by atoms with Gasteiger partial charge in [0, 0.05) is 23.8 Å². The molecule has 0 aliphatic heterocycles. The third kappa shape index (κ3) is 5.47. The number of hydrogen-bond acceptors (Lipinski definition) is 9. The Labute approximate surface area is 262 Å². The molecule has 14 heteroatoms. The number of aromatic nitrogens is 7. The van der Waals surface area contributed by atoms with E-state index >= 15 is 0 Å². The third-order valence-electron chi connectivity index (χ3n) is 8.17. The van der Waals surface area contributed by atoms with Gasteiger partial charge in [0.15, 0.2) is 5.54 Å². The average molecular weight is 626 g/mol. The topological polar surface area (TPSA) is 146 Å². The minimum atomic E-state index is -4.48. The van der Waals surface area contributed by atoms with Gasteiger partial charge in [0.1, 0.15) is 30.5 Å². The lowest BCUT2D eigenvalue weighted by Gasteiger charge is -2.24. The Bertz CT molecular complexity index is 2000. The van der Waals surface area contributed by atoms with Crippen LogP contribution in [0.3, 0.4) is 0 Å². The molecule has 5 aromatic rings. The SMILES string of the molecule is Cc1c([C@H](Nc2cc(C#N)c3ncc(C#N)c(NCC(C)(C)C)c3c2)c2cn(C3(C(F)(F)F)CC3)nn2)cccc1-n1cnnc1. The lowest BCUT2D eigenvalue weighted by atomic mass is 9.95. The van der Waals surface area contributed by atoms with Crippen molar-refractivity contribution < 1.29 is 13.2 Å². The Balaban J connectivity index is 1.50. The van der Waals surface area contributed by atoms with E-state index in [0.717, 1.165) is 15.9 Å². The molecule has 0 radical (unpaired) electrons. The maximum atomic E-state index is 14.0. The van der Waals surface area contributed by atoms with Gasteiger partial charge < -0.3 is 10.6 Å². The number of anilines is 2. The van der Waals surface area contributed by atoms with Crippen molar-refractivity contribution in [2.24, 2.45) is 5.41 Å². The van der Waals surface area contributed by atoms with E-state index in [4.69, 9.17) is 0 Å². The molecule has 0 saturated heterocycles. The fourth-order valence-corrected chi connectivity index (χ4v) is 5.52. The van der Waals surface area contributed by atoms with Gasteiger partial charge in [0.25, 0.3) is 0 Å². The van der Waals surface area contributed by atoms with Crippen molar-refractivity contribution in [2.45, 2.75) is 58.3 Å². The highest BCUT2D eigenvalue weighted by molar-refractivity contribution is 5.99. The number of rotatable bonds is 8. The summed E-state index contributed by atoms with van der Waals surface area (Å²) in [5.74, 6) is 0. The fourth-order valence-electron chi connectivity index (χ4n) is 5.52. The Morgan fingerprint density at radius 3 is 2.39 bits per heavy atom. The molecule has 2 aromatic carbocycles. The molecule has 0 spiro atoms. The summed E-state index contributed by atoms with van der Waals surface area (Å²) in [4.78, 5) is 4.42. The Morgan fingerprint density at radius 2 is 1.76 bits per heavy atom. The molecule has 2 N–H and O–H groups in total. The zero-order valence-electron chi connectivity index (χ0n) is 25.6. The quantitative estimate of drug-likeness (QED) is 0.207. The molecule has 234 valence electrons. The van der Waals surface area contributed by atoms with Crippen LogP contribution in [-0.4, -0.2) is 47.5 Å². The highest BCUT2D eigenvalue weighted by atomic mass is 19.4. The van der Waals surface area contributed by atoms with Gasteiger partial charge >= 0.3 is 6.18 Å². The molecule has 0 bridgehead atoms. The maximum absolute atomic E-state index is 14.0. The number of fused-ring (bicyclic) bond motifs is 1. The number of nitrogens with one attached hydrogen (secondary N) is 2. The fraction of sp³-hybridized carbons (Fsp3) is 0.344. The van der Waals surface area contributed by atoms with Gasteiger partial charge in [0.05, 0.1) is 40.3 Å². The predicted molar refractivity (Wildman–Crippen MR) is 164 cm³/mol. The summed E-state index contributed by atoms with van der Waals surface area (Å²) in [6, 6.07) is 12.6. The van der Waals surface area contributed by atoms with Gasteiger partial charge in [-0.15, -0.1) is 15.3 Å². The van der Waals surface area contributed by atoms with Gasteiger partial charge in [-0.3, -0.25) is 9.55 Å². The van der Waals surface area contributed by atoms with Crippen molar-refractivity contribution in [1.82, 2.24) is 34.7 Å². The van der Waals surface area contributed by atoms with Crippen LogP contribution >= 0.6 is 0 Å². The van der Waals surface area contributed by atoms with E-state index in [9.17, 15) is 23.7 Å². The van der Waals surface area contributed by atoms with Gasteiger partial charge in [-0.25, -0.2) is 4.68 Å². The second kappa shape index (κ2) is 11.1. The van der Waals surface area contributed by atoms with E-state index < -0.39 is 17.8 Å². The number of nitriles is 2. The van der Waals surface area contributed by atoms with Gasteiger partial charge in [-0.1, -0.05) is 38.1 Å². The van der Waals surface area contributed by atoms with E-state index in [-0.39, 0.29) is 29.5 Å². The van der Waals surface area contributed by atoms with Crippen LogP contribution in [0.15, 0.2) is 55.4 Å². The molecule has 46 heavy (non-hydrogen) atoms. The van der Waals surface area contributed by atoms with Crippen molar-refractivity contribution in [3.05, 3.63) is 83.3 Å². The number of pyridine rings is 1. The largest absolute Gasteiger partial charge is 0.413 e. The van der Waals surface area contributed by atoms with E-state index in [1.165, 1.54) is 12.4 Å². The van der Waals surface area contributed by atoms with Gasteiger partial charge in [-0.2, -0.15) is 23.7 Å². The molecule has 0 amide bonds. The zero-order valence-corrected chi connectivity index (χ0v) is 25.6. The van der Waals surface area contributed by atoms with Crippen LogP contribution in [0, 0.1) is 35.0 Å². The number of nitrogens with zero attached hydrogens (tertiary/aromatic N) is 9. The molecule has 3 aromatic heterocycles. The smallest absolute Gasteiger partial charge is 0.383 e. The standard InChI is InChI=1S/C32H30F3N11/c1-19-23(6-5-7-26(19)45-17-40-41-18-45)29(25-15-46(44-43-25)31(8-9-31)32(33,34)35)42-22-10-20(12-36)27-24(11-22)28(21(13-37)14-38-27)39-16-30(2,3)4/h5-7,10-11,14-15,17-18,29,42H,8-9,16H2,1-4H3,(H,38,39)/t29-/m0/s1. The number of hydrogen-bond donors (Lipinski definition) is 2. The van der Waals surface area contributed by atoms with E-state index in [0.29, 0.717) is 39.9 Å². The first-order valence-corrected chi connectivity index (χ1v) is 14.6. The molecule has 11 nitrogen and oxygen atoms in total. The Hall–Kier alpha value is -5.50. The molecule has 1 aliphatic carbocycles. The van der Waals surface area contributed by atoms with Crippen molar-refractivity contribution in [3.8, 4) is 17.8 Å². The van der Waals surface area contributed by atoms with Crippen molar-refractivity contribution in [2.75, 3.05) is 17.2 Å². The number of halogens is 3. The Morgan fingerprint density at radius 1 is 1.04 bits per heavy atom. The highest BCUT2D eigenvalue weighted by Gasteiger charge is 2.66. The Kier molecular flexibility index (Phi) is 7.39. The molecule has 1 fully saturated rings. The predicted octanol–water partition coefficient (Wildman–Crippen LogP) is 6.17. The van der Waals surface area contributed by atoms with Crippen LogP contribution in [-0.2, 0) is 5.54 Å². The molecule has 1 saturated carbocycles. The van der Waals surface area contributed by atoms with E-state index in [2.05, 4.69) is 69.0 Å². The second-order valence-electron chi connectivity index (χ2n) is 12.7. The first-order valence-electron chi connectivity index (χ1n) is 14.6. The first-order chi connectivity index (χ1) is 21.8. The lowest BCUT2D eigenvalue weighted by Crippen LogP contribution is -2.35. The van der Waals surface area contributed by atoms with Crippen LogP contribution in [0.4, 0.5) is 24.5 Å². The summed E-state index contributed by atoms with van der Waals surface area (Å²) < 4.78 is 44.7. The van der Waals surface area contributed by atoms with Crippen LogP contribution in [0.5, 0.6) is 0 Å². The number of alkyl halides is 3. The molecule has 1 aliphatic rings. The van der Waals surface area contributed by atoms with Crippen molar-refractivity contribution in [1.29, 1.82) is 10.5 Å². The summed E-state index contributed by atoms with van der Waals surface area (Å²) in [6.45, 7) is 8.61. The summed E-state index contributed by atoms with van der Waals surface area (Å²) in [5.41, 5.74) is 2.35. The van der Waals surface area contributed by atoms with Crippen molar-refractivity contribution in [3.63, 3.8) is 0 Å². The summed E-state index contributed by atoms with van der Waals surface area (Å²) in [7, 11) is 0. The van der Waals surface area contributed by atoms with Crippen LogP contribution < -0.4 is 10.6 Å². The van der Waals surface area contributed by atoms with Gasteiger partial charge in [-0.05, 0) is 54.5 Å². The van der Waals surface area contributed by atoms with Crippen LogP contribution in [0.2, 0.25) is 0 Å². The van der Waals surface area contributed by atoms with E-state index in [1.807, 2.05) is 25.1 Å². The normalized spacial score (nSPS) is 14.8. The van der Waals surface area contributed by atoms with Gasteiger partial charge in [0.2, 0.25) is 0 Å². The zero-order chi connectivity index (χ0) is 32.9. The lowest BCUT2D eigenvalue weighted by molar-refractivity contribution is -0.182. The maximum Gasteiger partial charge on any atom is 0.413 e. The summed E-state index contributed by atoms with van der Waals surface area (Å²) >= 11 is 0. The average Bonchev–Trinajstić information content (AvgIpc) is 3.41. The molecular formula is C32H30F3N11. The number of benzene rings is 2. The molecule has 6 rings (SSSR count). The monoisotopic (exact) mass is 625 g/mol. The second-order valence-corrected chi connectivity index (χ2v) is 12.7. The van der Waals surface area contributed by atoms with Crippen LogP contribution in [0.25, 0.3) is 16.6 Å². The van der Waals surface area contributed by atoms with E-state index in [1.54, 1.807) is 29.4 Å². The van der Waals surface area contributed by atoms with Crippen molar-refractivity contribution >= 4 is 22.3 Å².